The highest BCUT2D eigenvalue weighted by molar-refractivity contribution is 7.23. The maximum absolute atomic E-state index is 13.4. The third-order valence-corrected chi connectivity index (χ3v) is 7.08. The summed E-state index contributed by atoms with van der Waals surface area (Å²) in [6, 6.07) is 1.70. The number of thiazole rings is 1. The number of carbonyl (C=O) groups is 2. The minimum absolute atomic E-state index is 0.00925. The monoisotopic (exact) mass is 422 g/mol. The summed E-state index contributed by atoms with van der Waals surface area (Å²) in [5.41, 5.74) is 0. The molecule has 2 heterocycles. The fourth-order valence-corrected chi connectivity index (χ4v) is 5.41. The van der Waals surface area contributed by atoms with Crippen LogP contribution in [-0.4, -0.2) is 30.2 Å². The van der Waals surface area contributed by atoms with Gasteiger partial charge in [0.25, 0.3) is 0 Å². The number of nitrogens with zero attached hydrogens (tertiary/aromatic N) is 2. The lowest BCUT2D eigenvalue weighted by atomic mass is 9.82. The van der Waals surface area contributed by atoms with Gasteiger partial charge in [-0.15, -0.1) is 22.7 Å². The Morgan fingerprint density at radius 1 is 1.25 bits per heavy atom. The third kappa shape index (κ3) is 4.55. The van der Waals surface area contributed by atoms with Crippen LogP contribution in [0.25, 0.3) is 9.88 Å². The molecule has 3 rings (SSSR count). The first-order valence-corrected chi connectivity index (χ1v) is 11.2. The van der Waals surface area contributed by atoms with E-state index < -0.39 is 6.16 Å². The molecule has 0 unspecified atom stereocenters. The van der Waals surface area contributed by atoms with Crippen molar-refractivity contribution in [3.8, 4) is 15.6 Å². The van der Waals surface area contributed by atoms with Gasteiger partial charge in [-0.2, -0.15) is 0 Å². The molecular formula is C20H26N2O4S2. The Labute approximate surface area is 173 Å². The van der Waals surface area contributed by atoms with Gasteiger partial charge in [-0.1, -0.05) is 6.92 Å². The second-order valence-corrected chi connectivity index (χ2v) is 9.36. The Morgan fingerprint density at radius 2 is 1.96 bits per heavy atom. The zero-order valence-electron chi connectivity index (χ0n) is 16.6. The Kier molecular flexibility index (Phi) is 6.72. The number of thiophene rings is 1. The van der Waals surface area contributed by atoms with Crippen LogP contribution in [0.1, 0.15) is 46.5 Å². The number of rotatable bonds is 5. The van der Waals surface area contributed by atoms with Gasteiger partial charge >= 0.3 is 6.16 Å². The van der Waals surface area contributed by atoms with Crippen LogP contribution in [0.3, 0.4) is 0 Å². The molecule has 28 heavy (non-hydrogen) atoms. The maximum atomic E-state index is 13.4. The number of carbonyl (C=O) groups excluding carboxylic acids is 2. The molecule has 1 amide bonds. The van der Waals surface area contributed by atoms with Crippen molar-refractivity contribution in [1.29, 1.82) is 0 Å². The lowest BCUT2D eigenvalue weighted by molar-refractivity contribution is -0.123. The molecule has 0 radical (unpaired) electrons. The molecule has 1 aliphatic carbocycles. The number of aromatic nitrogens is 1. The fourth-order valence-electron chi connectivity index (χ4n) is 3.48. The van der Waals surface area contributed by atoms with E-state index in [9.17, 15) is 9.59 Å². The second-order valence-electron chi connectivity index (χ2n) is 7.43. The highest BCUT2D eigenvalue weighted by atomic mass is 32.1. The fraction of sp³-hybridized carbons (Fsp3) is 0.550. The zero-order chi connectivity index (χ0) is 20.3. The van der Waals surface area contributed by atoms with Crippen molar-refractivity contribution in [3.05, 3.63) is 17.6 Å². The molecule has 0 spiro atoms. The molecule has 0 atom stereocenters. The van der Waals surface area contributed by atoms with E-state index >= 15 is 0 Å². The lowest BCUT2D eigenvalue weighted by Gasteiger charge is -2.33. The van der Waals surface area contributed by atoms with Crippen molar-refractivity contribution < 1.29 is 19.1 Å². The van der Waals surface area contributed by atoms with Crippen LogP contribution in [0.5, 0.6) is 5.75 Å². The van der Waals surface area contributed by atoms with Crippen molar-refractivity contribution in [2.75, 3.05) is 12.0 Å². The molecule has 0 bridgehead atoms. The topological polar surface area (TPSA) is 68.7 Å². The van der Waals surface area contributed by atoms with E-state index in [1.807, 2.05) is 19.2 Å². The Hall–Kier alpha value is -1.93. The van der Waals surface area contributed by atoms with Gasteiger partial charge in [0.2, 0.25) is 5.91 Å². The van der Waals surface area contributed by atoms with Crippen LogP contribution in [0, 0.1) is 11.8 Å². The average molecular weight is 423 g/mol. The van der Waals surface area contributed by atoms with Gasteiger partial charge in [0, 0.05) is 29.6 Å². The molecule has 1 fully saturated rings. The number of methoxy groups -OCH3 is 1. The van der Waals surface area contributed by atoms with Crippen molar-refractivity contribution >= 4 is 39.7 Å². The van der Waals surface area contributed by atoms with Gasteiger partial charge in [0.1, 0.15) is 10.0 Å². The second kappa shape index (κ2) is 9.05. The SMILES string of the molecule is COC(=O)Oc1cc(-c2nccs2)sc1N(C(=O)C1CCC(C)CC1)C(C)C. The van der Waals surface area contributed by atoms with Crippen LogP contribution in [0.15, 0.2) is 17.6 Å². The highest BCUT2D eigenvalue weighted by Gasteiger charge is 2.33. The largest absolute Gasteiger partial charge is 0.513 e. The van der Waals surface area contributed by atoms with Gasteiger partial charge in [0.05, 0.1) is 12.0 Å². The van der Waals surface area contributed by atoms with Crippen molar-refractivity contribution in [2.24, 2.45) is 11.8 Å². The molecular weight excluding hydrogens is 396 g/mol. The summed E-state index contributed by atoms with van der Waals surface area (Å²) in [7, 11) is 1.27. The van der Waals surface area contributed by atoms with Crippen LogP contribution >= 0.6 is 22.7 Å². The van der Waals surface area contributed by atoms with E-state index in [1.165, 1.54) is 29.8 Å². The third-order valence-electron chi connectivity index (χ3n) is 5.02. The first-order chi connectivity index (χ1) is 13.4. The number of amides is 1. The quantitative estimate of drug-likeness (QED) is 0.588. The molecule has 1 aliphatic rings. The normalized spacial score (nSPS) is 19.5. The summed E-state index contributed by atoms with van der Waals surface area (Å²) in [6.45, 7) is 6.20. The van der Waals surface area contributed by atoms with Crippen molar-refractivity contribution in [2.45, 2.75) is 52.5 Å². The molecule has 8 heteroatoms. The summed E-state index contributed by atoms with van der Waals surface area (Å²) in [4.78, 5) is 32.2. The van der Waals surface area contributed by atoms with Gasteiger partial charge < -0.3 is 9.47 Å². The minimum Gasteiger partial charge on any atom is -0.437 e. The molecule has 2 aromatic heterocycles. The van der Waals surface area contributed by atoms with Gasteiger partial charge in [0.15, 0.2) is 5.75 Å². The molecule has 0 saturated heterocycles. The molecule has 0 N–H and O–H groups in total. The summed E-state index contributed by atoms with van der Waals surface area (Å²) in [5, 5.41) is 3.35. The summed E-state index contributed by atoms with van der Waals surface area (Å²) in [5.74, 6) is 1.13. The van der Waals surface area contributed by atoms with Crippen molar-refractivity contribution in [3.63, 3.8) is 0 Å². The summed E-state index contributed by atoms with van der Waals surface area (Å²) >= 11 is 2.92. The van der Waals surface area contributed by atoms with Crippen LogP contribution in [-0.2, 0) is 9.53 Å². The molecule has 0 aliphatic heterocycles. The van der Waals surface area contributed by atoms with Crippen LogP contribution in [0.4, 0.5) is 9.80 Å². The Morgan fingerprint density at radius 3 is 2.54 bits per heavy atom. The van der Waals surface area contributed by atoms with Crippen LogP contribution < -0.4 is 9.64 Å². The van der Waals surface area contributed by atoms with Gasteiger partial charge in [-0.3, -0.25) is 9.69 Å². The first-order valence-electron chi connectivity index (χ1n) is 9.53. The Bertz CT molecular complexity index is 808. The summed E-state index contributed by atoms with van der Waals surface area (Å²) in [6.07, 6.45) is 4.88. The predicted molar refractivity (Wildman–Crippen MR) is 112 cm³/mol. The van der Waals surface area contributed by atoms with E-state index in [2.05, 4.69) is 16.6 Å². The number of hydrogen-bond acceptors (Lipinski definition) is 7. The average Bonchev–Trinajstić information content (AvgIpc) is 3.32. The van der Waals surface area contributed by atoms with Crippen molar-refractivity contribution in [1.82, 2.24) is 4.98 Å². The van der Waals surface area contributed by atoms with E-state index in [-0.39, 0.29) is 17.9 Å². The summed E-state index contributed by atoms with van der Waals surface area (Å²) < 4.78 is 10.1. The highest BCUT2D eigenvalue weighted by Crippen LogP contribution is 2.45. The number of ether oxygens (including phenoxy) is 2. The molecule has 6 nitrogen and oxygen atoms in total. The maximum Gasteiger partial charge on any atom is 0.513 e. The Balaban J connectivity index is 1.96. The minimum atomic E-state index is -0.799. The van der Waals surface area contributed by atoms with E-state index in [4.69, 9.17) is 4.74 Å². The van der Waals surface area contributed by atoms with E-state index in [1.54, 1.807) is 17.2 Å². The smallest absolute Gasteiger partial charge is 0.437 e. The number of hydrogen-bond donors (Lipinski definition) is 0. The van der Waals surface area contributed by atoms with E-state index in [0.717, 1.165) is 35.6 Å². The molecule has 1 saturated carbocycles. The number of anilines is 1. The predicted octanol–water partition coefficient (Wildman–Crippen LogP) is 5.58. The zero-order valence-corrected chi connectivity index (χ0v) is 18.3. The first kappa shape index (κ1) is 20.8. The van der Waals surface area contributed by atoms with Gasteiger partial charge in [-0.25, -0.2) is 9.78 Å². The van der Waals surface area contributed by atoms with E-state index in [0.29, 0.717) is 16.7 Å². The molecule has 152 valence electrons. The molecule has 0 aromatic carbocycles. The molecule has 2 aromatic rings. The van der Waals surface area contributed by atoms with Gasteiger partial charge in [-0.05, 0) is 45.4 Å². The van der Waals surface area contributed by atoms with Crippen LogP contribution in [0.2, 0.25) is 0 Å². The standard InChI is InChI=1S/C20H26N2O4S2/c1-12(2)22(18(23)14-7-5-13(3)6-8-14)19-15(26-20(24)25-4)11-16(28-19)17-21-9-10-27-17/h9-14H,5-8H2,1-4H3. The lowest BCUT2D eigenvalue weighted by Crippen LogP contribution is -2.42.